The minimum atomic E-state index is 0. The smallest absolute Gasteiger partial charge is 0.194 e. The molecule has 4 nitrogen and oxygen atoms in total. The third-order valence-corrected chi connectivity index (χ3v) is 6.30. The Balaban J connectivity index is 0.00000338. The van der Waals surface area contributed by atoms with Crippen LogP contribution in [0.25, 0.3) is 0 Å². The molecule has 1 fully saturated rings. The summed E-state index contributed by atoms with van der Waals surface area (Å²) in [5, 5.41) is 3.44. The lowest BCUT2D eigenvalue weighted by atomic mass is 9.99. The number of rotatable bonds is 7. The number of halogens is 1. The third kappa shape index (κ3) is 6.93. The summed E-state index contributed by atoms with van der Waals surface area (Å²) in [6, 6.07) is 8.89. The zero-order valence-corrected chi connectivity index (χ0v) is 19.7. The van der Waals surface area contributed by atoms with Crippen LogP contribution in [-0.4, -0.2) is 55.2 Å². The van der Waals surface area contributed by atoms with Crippen molar-refractivity contribution in [2.24, 2.45) is 4.99 Å². The van der Waals surface area contributed by atoms with Crippen molar-refractivity contribution in [2.75, 3.05) is 39.6 Å². The second kappa shape index (κ2) is 12.1. The van der Waals surface area contributed by atoms with Gasteiger partial charge in [0.1, 0.15) is 0 Å². The molecule has 0 radical (unpaired) electrons. The number of nitrogens with zero attached hydrogens (tertiary/aromatic N) is 2. The molecule has 6 heteroatoms. The molecule has 1 aliphatic heterocycles. The second-order valence-electron chi connectivity index (χ2n) is 6.70. The monoisotopic (exact) mass is 491 g/mol. The quantitative estimate of drug-likeness (QED) is 0.353. The lowest BCUT2D eigenvalue weighted by Gasteiger charge is -2.34. The summed E-state index contributed by atoms with van der Waals surface area (Å²) in [4.78, 5) is 7.19. The van der Waals surface area contributed by atoms with Gasteiger partial charge in [0.15, 0.2) is 5.96 Å². The Morgan fingerprint density at radius 1 is 1.19 bits per heavy atom. The number of nitrogens with one attached hydrogen (secondary N) is 1. The zero-order valence-electron chi connectivity index (χ0n) is 16.6. The summed E-state index contributed by atoms with van der Waals surface area (Å²) in [5.74, 6) is 0.988. The van der Waals surface area contributed by atoms with Crippen LogP contribution in [0.4, 0.5) is 0 Å². The first-order valence-electron chi connectivity index (χ1n) is 9.32. The Morgan fingerprint density at radius 3 is 2.35 bits per heavy atom. The van der Waals surface area contributed by atoms with Gasteiger partial charge in [0.05, 0.1) is 6.54 Å². The fraction of sp³-hybridized carbons (Fsp3) is 0.650. The predicted molar refractivity (Wildman–Crippen MR) is 125 cm³/mol. The highest BCUT2D eigenvalue weighted by Crippen LogP contribution is 2.34. The number of guanidine groups is 1. The van der Waals surface area contributed by atoms with Crippen LogP contribution in [0.15, 0.2) is 29.3 Å². The van der Waals surface area contributed by atoms with Crippen LogP contribution in [0.2, 0.25) is 0 Å². The molecular weight excluding hydrogens is 457 g/mol. The van der Waals surface area contributed by atoms with Gasteiger partial charge in [-0.25, -0.2) is 0 Å². The summed E-state index contributed by atoms with van der Waals surface area (Å²) < 4.78 is 5.76. The highest BCUT2D eigenvalue weighted by molar-refractivity contribution is 14.0. The molecule has 1 aliphatic rings. The molecule has 1 aromatic rings. The van der Waals surface area contributed by atoms with Gasteiger partial charge in [-0.1, -0.05) is 31.2 Å². The van der Waals surface area contributed by atoms with Crippen molar-refractivity contribution in [1.29, 1.82) is 0 Å². The van der Waals surface area contributed by atoms with Gasteiger partial charge in [-0.15, -0.1) is 24.0 Å². The maximum Gasteiger partial charge on any atom is 0.194 e. The van der Waals surface area contributed by atoms with E-state index in [4.69, 9.17) is 9.73 Å². The third-order valence-electron chi connectivity index (χ3n) is 4.90. The summed E-state index contributed by atoms with van der Waals surface area (Å²) in [6.07, 6.45) is 5.45. The first-order valence-corrected chi connectivity index (χ1v) is 10.5. The Labute approximate surface area is 180 Å². The molecule has 0 unspecified atom stereocenters. The first kappa shape index (κ1) is 23.6. The molecule has 0 saturated carbocycles. The largest absolute Gasteiger partial charge is 0.381 e. The molecule has 1 aromatic carbocycles. The van der Waals surface area contributed by atoms with Crippen LogP contribution in [0.5, 0.6) is 0 Å². The Kier molecular flexibility index (Phi) is 11.0. The van der Waals surface area contributed by atoms with E-state index >= 15 is 0 Å². The number of aryl methyl sites for hydroxylation is 1. The van der Waals surface area contributed by atoms with Crippen molar-refractivity contribution >= 4 is 41.7 Å². The van der Waals surface area contributed by atoms with E-state index in [9.17, 15) is 0 Å². The van der Waals surface area contributed by atoms with E-state index < -0.39 is 0 Å². The summed E-state index contributed by atoms with van der Waals surface area (Å²) in [6.45, 7) is 8.61. The van der Waals surface area contributed by atoms with E-state index in [0.29, 0.717) is 0 Å². The van der Waals surface area contributed by atoms with E-state index in [0.717, 1.165) is 58.1 Å². The molecule has 1 heterocycles. The highest BCUT2D eigenvalue weighted by atomic mass is 127. The van der Waals surface area contributed by atoms with E-state index in [1.165, 1.54) is 11.1 Å². The van der Waals surface area contributed by atoms with E-state index in [1.807, 2.05) is 11.8 Å². The number of ether oxygens (including phenoxy) is 1. The van der Waals surface area contributed by atoms with Gasteiger partial charge in [0.2, 0.25) is 0 Å². The van der Waals surface area contributed by atoms with Crippen molar-refractivity contribution in [3.8, 4) is 0 Å². The minimum Gasteiger partial charge on any atom is -0.381 e. The number of benzene rings is 1. The van der Waals surface area contributed by atoms with E-state index in [-0.39, 0.29) is 28.7 Å². The fourth-order valence-electron chi connectivity index (χ4n) is 3.09. The summed E-state index contributed by atoms with van der Waals surface area (Å²) >= 11 is 1.94. The average Bonchev–Trinajstić information content (AvgIpc) is 2.66. The normalized spacial score (nSPS) is 16.7. The topological polar surface area (TPSA) is 36.9 Å². The fourth-order valence-corrected chi connectivity index (χ4v) is 3.86. The van der Waals surface area contributed by atoms with Crippen LogP contribution in [-0.2, 0) is 17.7 Å². The predicted octanol–water partition coefficient (Wildman–Crippen LogP) is 4.18. The maximum absolute atomic E-state index is 5.54. The molecule has 1 N–H and O–H groups in total. The summed E-state index contributed by atoms with van der Waals surface area (Å²) in [7, 11) is 2.12. The zero-order chi connectivity index (χ0) is 18.1. The first-order chi connectivity index (χ1) is 12.1. The molecule has 0 amide bonds. The maximum atomic E-state index is 5.54. The van der Waals surface area contributed by atoms with Crippen LogP contribution in [0, 0.1) is 0 Å². The highest BCUT2D eigenvalue weighted by Gasteiger charge is 2.31. The Bertz CT molecular complexity index is 544. The van der Waals surface area contributed by atoms with Gasteiger partial charge < -0.3 is 15.0 Å². The van der Waals surface area contributed by atoms with Crippen molar-refractivity contribution in [2.45, 2.75) is 44.4 Å². The van der Waals surface area contributed by atoms with Crippen molar-refractivity contribution in [3.05, 3.63) is 35.4 Å². The summed E-state index contributed by atoms with van der Waals surface area (Å²) in [5.41, 5.74) is 2.70. The molecular formula is C20H34IN3OS. The van der Waals surface area contributed by atoms with Gasteiger partial charge in [0.25, 0.3) is 0 Å². The van der Waals surface area contributed by atoms with E-state index in [2.05, 4.69) is 61.6 Å². The molecule has 2 rings (SSSR count). The van der Waals surface area contributed by atoms with Crippen molar-refractivity contribution in [3.63, 3.8) is 0 Å². The molecule has 148 valence electrons. The minimum absolute atomic E-state index is 0. The van der Waals surface area contributed by atoms with Crippen molar-refractivity contribution in [1.82, 2.24) is 10.2 Å². The standard InChI is InChI=1S/C20H33N3OS.HI/c1-5-17-7-9-18(10-8-17)15-23(3)19(21-6-2)22-16-20(25-4)11-13-24-14-12-20;/h7-10H,5-6,11-16H2,1-4H3,(H,21,22);1H. The molecule has 0 bridgehead atoms. The molecule has 1 saturated heterocycles. The second-order valence-corrected chi connectivity index (χ2v) is 7.97. The van der Waals surface area contributed by atoms with Crippen LogP contribution in [0.3, 0.4) is 0 Å². The van der Waals surface area contributed by atoms with Crippen LogP contribution >= 0.6 is 35.7 Å². The SMILES string of the molecule is CCNC(=NCC1(SC)CCOCC1)N(C)Cc1ccc(CC)cc1.I. The number of hydrogen-bond donors (Lipinski definition) is 1. The Morgan fingerprint density at radius 2 is 1.81 bits per heavy atom. The lowest BCUT2D eigenvalue weighted by Crippen LogP contribution is -2.41. The van der Waals surface area contributed by atoms with Crippen LogP contribution < -0.4 is 5.32 Å². The molecule has 0 spiro atoms. The van der Waals surface area contributed by atoms with Gasteiger partial charge in [-0.05, 0) is 43.6 Å². The molecule has 0 aromatic heterocycles. The molecule has 26 heavy (non-hydrogen) atoms. The Hall–Kier alpha value is -0.470. The van der Waals surface area contributed by atoms with Gasteiger partial charge >= 0.3 is 0 Å². The lowest BCUT2D eigenvalue weighted by molar-refractivity contribution is 0.0793. The average molecular weight is 491 g/mol. The number of hydrogen-bond acceptors (Lipinski definition) is 3. The van der Waals surface area contributed by atoms with Gasteiger partial charge in [-0.2, -0.15) is 11.8 Å². The molecule has 0 aliphatic carbocycles. The van der Waals surface area contributed by atoms with Gasteiger partial charge in [-0.3, -0.25) is 4.99 Å². The molecule has 0 atom stereocenters. The number of thioether (sulfide) groups is 1. The van der Waals surface area contributed by atoms with Gasteiger partial charge in [0, 0.05) is 38.1 Å². The van der Waals surface area contributed by atoms with E-state index in [1.54, 1.807) is 0 Å². The van der Waals surface area contributed by atoms with Crippen molar-refractivity contribution < 1.29 is 4.74 Å². The number of aliphatic imine (C=N–C) groups is 1. The van der Waals surface area contributed by atoms with Crippen LogP contribution in [0.1, 0.15) is 37.8 Å².